The monoisotopic (exact) mass is 259 g/mol. The molecule has 3 heteroatoms. The van der Waals surface area contributed by atoms with Gasteiger partial charge in [-0.25, -0.2) is 4.39 Å². The molecule has 1 unspecified atom stereocenters. The lowest BCUT2D eigenvalue weighted by molar-refractivity contribution is 0.471. The van der Waals surface area contributed by atoms with E-state index in [1.807, 2.05) is 19.1 Å². The number of hydrogen-bond donors (Lipinski definition) is 2. The lowest BCUT2D eigenvalue weighted by atomic mass is 10.1. The van der Waals surface area contributed by atoms with E-state index in [-0.39, 0.29) is 11.9 Å². The van der Waals surface area contributed by atoms with Crippen LogP contribution < -0.4 is 5.32 Å². The van der Waals surface area contributed by atoms with Crippen molar-refractivity contribution in [2.24, 2.45) is 0 Å². The molecular weight excluding hydrogens is 241 g/mol. The van der Waals surface area contributed by atoms with Crippen molar-refractivity contribution in [3.63, 3.8) is 0 Å². The number of rotatable bonds is 4. The summed E-state index contributed by atoms with van der Waals surface area (Å²) >= 11 is 0. The molecule has 1 atom stereocenters. The van der Waals surface area contributed by atoms with E-state index in [9.17, 15) is 9.50 Å². The summed E-state index contributed by atoms with van der Waals surface area (Å²) < 4.78 is 12.8. The average Bonchev–Trinajstić information content (AvgIpc) is 2.37. The number of anilines is 1. The van der Waals surface area contributed by atoms with Crippen LogP contribution in [0.3, 0.4) is 0 Å². The van der Waals surface area contributed by atoms with Gasteiger partial charge < -0.3 is 10.4 Å². The van der Waals surface area contributed by atoms with Crippen LogP contribution >= 0.6 is 0 Å². The Hall–Kier alpha value is -2.03. The third kappa shape index (κ3) is 3.71. The van der Waals surface area contributed by atoms with Gasteiger partial charge in [0.2, 0.25) is 0 Å². The first-order chi connectivity index (χ1) is 9.04. The molecule has 0 aliphatic rings. The molecule has 0 bridgehead atoms. The van der Waals surface area contributed by atoms with E-state index in [0.29, 0.717) is 5.75 Å². The van der Waals surface area contributed by atoms with Crippen molar-refractivity contribution in [2.45, 2.75) is 26.3 Å². The Bertz CT molecular complexity index is 551. The predicted molar refractivity (Wildman–Crippen MR) is 76.0 cm³/mol. The molecule has 0 amide bonds. The van der Waals surface area contributed by atoms with Crippen molar-refractivity contribution in [3.05, 3.63) is 59.4 Å². The molecule has 100 valence electrons. The third-order valence-electron chi connectivity index (χ3n) is 3.08. The summed E-state index contributed by atoms with van der Waals surface area (Å²) in [4.78, 5) is 0. The molecule has 0 aliphatic heterocycles. The Labute approximate surface area is 112 Å². The van der Waals surface area contributed by atoms with Crippen LogP contribution in [0.4, 0.5) is 10.1 Å². The summed E-state index contributed by atoms with van der Waals surface area (Å²) in [7, 11) is 0. The first-order valence-corrected chi connectivity index (χ1v) is 6.35. The first kappa shape index (κ1) is 13.4. The van der Waals surface area contributed by atoms with E-state index in [2.05, 4.69) is 12.2 Å². The van der Waals surface area contributed by atoms with Crippen molar-refractivity contribution in [2.75, 3.05) is 5.32 Å². The molecule has 0 fully saturated rings. The third-order valence-corrected chi connectivity index (χ3v) is 3.08. The normalized spacial score (nSPS) is 12.2. The van der Waals surface area contributed by atoms with Crippen molar-refractivity contribution in [1.82, 2.24) is 0 Å². The molecule has 2 aromatic carbocycles. The summed E-state index contributed by atoms with van der Waals surface area (Å²) in [5, 5.41) is 13.0. The van der Waals surface area contributed by atoms with Crippen LogP contribution in [0.2, 0.25) is 0 Å². The van der Waals surface area contributed by atoms with Crippen LogP contribution in [0.25, 0.3) is 0 Å². The summed E-state index contributed by atoms with van der Waals surface area (Å²) in [6, 6.07) is 12.3. The lowest BCUT2D eigenvalue weighted by Gasteiger charge is -2.16. The zero-order valence-electron chi connectivity index (χ0n) is 11.2. The fraction of sp³-hybridized carbons (Fsp3) is 0.250. The fourth-order valence-electron chi connectivity index (χ4n) is 2.01. The van der Waals surface area contributed by atoms with Crippen molar-refractivity contribution >= 4 is 5.69 Å². The maximum Gasteiger partial charge on any atom is 0.123 e. The number of nitrogens with one attached hydrogen (secondary N) is 1. The first-order valence-electron chi connectivity index (χ1n) is 6.35. The van der Waals surface area contributed by atoms with Gasteiger partial charge in [0.1, 0.15) is 11.6 Å². The Morgan fingerprint density at radius 1 is 1.16 bits per heavy atom. The van der Waals surface area contributed by atoms with E-state index < -0.39 is 0 Å². The number of aromatic hydroxyl groups is 1. The van der Waals surface area contributed by atoms with Crippen LogP contribution in [0.15, 0.2) is 42.5 Å². The molecule has 2 aromatic rings. The van der Waals surface area contributed by atoms with Gasteiger partial charge in [-0.2, -0.15) is 0 Å². The van der Waals surface area contributed by atoms with Gasteiger partial charge >= 0.3 is 0 Å². The Morgan fingerprint density at radius 2 is 1.84 bits per heavy atom. The van der Waals surface area contributed by atoms with Crippen molar-refractivity contribution in [3.8, 4) is 5.75 Å². The highest BCUT2D eigenvalue weighted by Gasteiger charge is 2.05. The van der Waals surface area contributed by atoms with Crippen LogP contribution in [0.5, 0.6) is 5.75 Å². The smallest absolute Gasteiger partial charge is 0.123 e. The van der Waals surface area contributed by atoms with E-state index >= 15 is 0 Å². The molecule has 0 aliphatic carbocycles. The molecule has 0 radical (unpaired) electrons. The number of halogens is 1. The zero-order chi connectivity index (χ0) is 13.8. The van der Waals surface area contributed by atoms with Gasteiger partial charge in [0.05, 0.1) is 0 Å². The number of hydrogen-bond acceptors (Lipinski definition) is 2. The summed E-state index contributed by atoms with van der Waals surface area (Å²) in [6.07, 6.45) is 0.801. The van der Waals surface area contributed by atoms with Gasteiger partial charge in [0.15, 0.2) is 0 Å². The number of aryl methyl sites for hydroxylation is 1. The second kappa shape index (κ2) is 5.74. The molecule has 0 spiro atoms. The molecule has 2 nitrogen and oxygen atoms in total. The van der Waals surface area contributed by atoms with Crippen LogP contribution in [-0.2, 0) is 6.42 Å². The maximum absolute atomic E-state index is 12.8. The zero-order valence-corrected chi connectivity index (χ0v) is 11.2. The van der Waals surface area contributed by atoms with E-state index in [1.165, 1.54) is 12.1 Å². The Morgan fingerprint density at radius 3 is 2.47 bits per heavy atom. The largest absolute Gasteiger partial charge is 0.508 e. The van der Waals surface area contributed by atoms with Gasteiger partial charge in [-0.1, -0.05) is 18.2 Å². The highest BCUT2D eigenvalue weighted by Crippen LogP contribution is 2.21. The molecular formula is C16H18FNO. The summed E-state index contributed by atoms with van der Waals surface area (Å²) in [6.45, 7) is 3.92. The predicted octanol–water partition coefficient (Wildman–Crippen LogP) is 3.88. The second-order valence-electron chi connectivity index (χ2n) is 4.88. The van der Waals surface area contributed by atoms with Gasteiger partial charge in [-0.3, -0.25) is 0 Å². The van der Waals surface area contributed by atoms with Crippen LogP contribution in [0, 0.1) is 12.7 Å². The van der Waals surface area contributed by atoms with Gasteiger partial charge in [0.25, 0.3) is 0 Å². The van der Waals surface area contributed by atoms with Crippen LogP contribution in [-0.4, -0.2) is 11.1 Å². The highest BCUT2D eigenvalue weighted by molar-refractivity contribution is 5.51. The van der Waals surface area contributed by atoms with Gasteiger partial charge in [-0.15, -0.1) is 0 Å². The molecule has 2 N–H and O–H groups in total. The minimum absolute atomic E-state index is 0.201. The van der Waals surface area contributed by atoms with Crippen molar-refractivity contribution in [1.29, 1.82) is 0 Å². The molecule has 0 saturated carbocycles. The van der Waals surface area contributed by atoms with Gasteiger partial charge in [0, 0.05) is 17.8 Å². The molecule has 0 saturated heterocycles. The maximum atomic E-state index is 12.8. The quantitative estimate of drug-likeness (QED) is 0.873. The SMILES string of the molecule is Cc1ccc(NC(C)Cc2ccc(F)cc2)cc1O. The molecule has 0 heterocycles. The number of benzene rings is 2. The van der Waals surface area contributed by atoms with Crippen molar-refractivity contribution < 1.29 is 9.50 Å². The number of phenols is 1. The van der Waals surface area contributed by atoms with Crippen LogP contribution in [0.1, 0.15) is 18.1 Å². The Balaban J connectivity index is 1.98. The van der Waals surface area contributed by atoms with E-state index in [1.54, 1.807) is 18.2 Å². The Kier molecular flexibility index (Phi) is 4.05. The topological polar surface area (TPSA) is 32.3 Å². The second-order valence-corrected chi connectivity index (χ2v) is 4.88. The standard InChI is InChI=1S/C16H18FNO/c1-11-3-8-15(10-16(11)19)18-12(2)9-13-4-6-14(17)7-5-13/h3-8,10,12,18-19H,9H2,1-2H3. The van der Waals surface area contributed by atoms with Gasteiger partial charge in [-0.05, 0) is 49.6 Å². The molecule has 0 aromatic heterocycles. The summed E-state index contributed by atoms with van der Waals surface area (Å²) in [5.74, 6) is 0.0757. The molecule has 2 rings (SSSR count). The molecule has 19 heavy (non-hydrogen) atoms. The lowest BCUT2D eigenvalue weighted by Crippen LogP contribution is -2.18. The summed E-state index contributed by atoms with van der Waals surface area (Å²) in [5.41, 5.74) is 2.83. The fourth-order valence-corrected chi connectivity index (χ4v) is 2.01. The van der Waals surface area contributed by atoms with E-state index in [4.69, 9.17) is 0 Å². The van der Waals surface area contributed by atoms with E-state index in [0.717, 1.165) is 23.2 Å². The minimum Gasteiger partial charge on any atom is -0.508 e. The number of phenolic OH excluding ortho intramolecular Hbond substituents is 1. The minimum atomic E-state index is -0.215. The average molecular weight is 259 g/mol. The highest BCUT2D eigenvalue weighted by atomic mass is 19.1.